The standard InChI is InChI=1S/C3HF3N2O/c4-3(5,6)2-1-7-9-8-2/h1H. The van der Waals surface area contributed by atoms with Gasteiger partial charge in [-0.1, -0.05) is 5.16 Å². The van der Waals surface area contributed by atoms with Crippen molar-refractivity contribution in [1.82, 2.24) is 10.3 Å². The van der Waals surface area contributed by atoms with E-state index in [0.717, 1.165) is 0 Å². The van der Waals surface area contributed by atoms with E-state index >= 15 is 0 Å². The number of alkyl halides is 3. The third kappa shape index (κ3) is 1.18. The third-order valence-corrected chi connectivity index (χ3v) is 0.652. The van der Waals surface area contributed by atoms with Gasteiger partial charge in [0.15, 0.2) is 0 Å². The third-order valence-electron chi connectivity index (χ3n) is 0.652. The molecule has 9 heavy (non-hydrogen) atoms. The van der Waals surface area contributed by atoms with E-state index in [-0.39, 0.29) is 0 Å². The van der Waals surface area contributed by atoms with E-state index in [1.807, 2.05) is 0 Å². The number of nitrogens with zero attached hydrogens (tertiary/aromatic N) is 2. The van der Waals surface area contributed by atoms with E-state index < -0.39 is 11.9 Å². The fourth-order valence-corrected chi connectivity index (χ4v) is 0.290. The molecule has 1 rings (SSSR count). The van der Waals surface area contributed by atoms with Crippen LogP contribution in [0.3, 0.4) is 0 Å². The summed E-state index contributed by atoms with van der Waals surface area (Å²) in [6.07, 6.45) is -3.93. The van der Waals surface area contributed by atoms with Crippen molar-refractivity contribution in [1.29, 1.82) is 0 Å². The Morgan fingerprint density at radius 2 is 2.11 bits per heavy atom. The van der Waals surface area contributed by atoms with Gasteiger partial charge >= 0.3 is 6.18 Å². The fraction of sp³-hybridized carbons (Fsp3) is 0.333. The minimum atomic E-state index is -4.44. The van der Waals surface area contributed by atoms with Gasteiger partial charge in [-0.2, -0.15) is 13.2 Å². The summed E-state index contributed by atoms with van der Waals surface area (Å²) in [4.78, 5) is 0. The zero-order valence-electron chi connectivity index (χ0n) is 4.01. The maximum absolute atomic E-state index is 11.5. The molecule has 1 heterocycles. The van der Waals surface area contributed by atoms with Crippen molar-refractivity contribution in [2.45, 2.75) is 6.18 Å². The smallest absolute Gasteiger partial charge is 0.244 e. The minimum absolute atomic E-state index is 0.514. The van der Waals surface area contributed by atoms with Crippen molar-refractivity contribution >= 4 is 0 Å². The second-order valence-corrected chi connectivity index (χ2v) is 1.29. The van der Waals surface area contributed by atoms with Crippen molar-refractivity contribution in [3.8, 4) is 0 Å². The predicted octanol–water partition coefficient (Wildman–Crippen LogP) is 1.09. The van der Waals surface area contributed by atoms with Crippen LogP contribution in [-0.2, 0) is 6.18 Å². The fourth-order valence-electron chi connectivity index (χ4n) is 0.290. The summed E-state index contributed by atoms with van der Waals surface area (Å²) in [6.45, 7) is 0. The van der Waals surface area contributed by atoms with E-state index in [9.17, 15) is 13.2 Å². The van der Waals surface area contributed by atoms with Gasteiger partial charge in [-0.25, -0.2) is 4.63 Å². The van der Waals surface area contributed by atoms with E-state index in [1.54, 1.807) is 0 Å². The Morgan fingerprint density at radius 1 is 1.44 bits per heavy atom. The lowest BCUT2D eigenvalue weighted by atomic mass is 10.5. The number of hydrogen-bond donors (Lipinski definition) is 0. The molecule has 0 radical (unpaired) electrons. The van der Waals surface area contributed by atoms with E-state index in [0.29, 0.717) is 6.20 Å². The number of rotatable bonds is 0. The van der Waals surface area contributed by atoms with Gasteiger partial charge in [0.1, 0.15) is 6.20 Å². The Morgan fingerprint density at radius 3 is 2.33 bits per heavy atom. The molecular formula is C3HF3N2O. The first-order valence-electron chi connectivity index (χ1n) is 1.95. The van der Waals surface area contributed by atoms with Crippen molar-refractivity contribution in [2.24, 2.45) is 0 Å². The average molecular weight is 138 g/mol. The summed E-state index contributed by atoms with van der Waals surface area (Å²) < 4.78 is 38.1. The lowest BCUT2D eigenvalue weighted by molar-refractivity contribution is -0.142. The molecule has 0 atom stereocenters. The molecule has 0 unspecified atom stereocenters. The normalized spacial score (nSPS) is 11.9. The summed E-state index contributed by atoms with van der Waals surface area (Å²) in [5.74, 6) is 0. The molecule has 0 aliphatic carbocycles. The molecule has 3 nitrogen and oxygen atoms in total. The van der Waals surface area contributed by atoms with E-state index in [1.165, 1.54) is 0 Å². The molecule has 1 aromatic heterocycles. The maximum atomic E-state index is 11.5. The highest BCUT2D eigenvalue weighted by atomic mass is 19.4. The zero-order valence-corrected chi connectivity index (χ0v) is 4.01. The Balaban J connectivity index is 2.90. The Hall–Kier alpha value is -1.07. The van der Waals surface area contributed by atoms with Gasteiger partial charge in [-0.15, -0.1) is 0 Å². The van der Waals surface area contributed by atoms with Gasteiger partial charge in [0.2, 0.25) is 5.69 Å². The van der Waals surface area contributed by atoms with Crippen molar-refractivity contribution in [2.75, 3.05) is 0 Å². The molecule has 0 N–H and O–H groups in total. The van der Waals surface area contributed by atoms with E-state index in [4.69, 9.17) is 0 Å². The molecule has 0 aliphatic rings. The molecule has 0 fully saturated rings. The van der Waals surface area contributed by atoms with Gasteiger partial charge < -0.3 is 0 Å². The van der Waals surface area contributed by atoms with Crippen LogP contribution in [0.4, 0.5) is 13.2 Å². The summed E-state index contributed by atoms with van der Waals surface area (Å²) in [6, 6.07) is 0. The molecule has 50 valence electrons. The summed E-state index contributed by atoms with van der Waals surface area (Å²) in [5.41, 5.74) is -1.11. The molecule has 0 bridgehead atoms. The Labute approximate surface area is 47.4 Å². The number of halogens is 3. The second kappa shape index (κ2) is 1.71. The highest BCUT2D eigenvalue weighted by Gasteiger charge is 2.34. The molecule has 0 spiro atoms. The van der Waals surface area contributed by atoms with Gasteiger partial charge in [-0.3, -0.25) is 0 Å². The van der Waals surface area contributed by atoms with Gasteiger partial charge in [0, 0.05) is 0 Å². The Bertz CT molecular complexity index is 179. The average Bonchev–Trinajstić information content (AvgIpc) is 2.08. The van der Waals surface area contributed by atoms with Crippen LogP contribution in [0, 0.1) is 0 Å². The molecule has 0 aliphatic heterocycles. The largest absolute Gasteiger partial charge is 0.438 e. The molecule has 0 saturated heterocycles. The first kappa shape index (κ1) is 6.06. The van der Waals surface area contributed by atoms with Crippen LogP contribution in [0.1, 0.15) is 5.69 Å². The minimum Gasteiger partial charge on any atom is -0.244 e. The topological polar surface area (TPSA) is 38.9 Å². The molecular weight excluding hydrogens is 137 g/mol. The molecule has 6 heteroatoms. The van der Waals surface area contributed by atoms with Gasteiger partial charge in [-0.05, 0) is 5.16 Å². The van der Waals surface area contributed by atoms with Crippen molar-refractivity contribution in [3.05, 3.63) is 11.9 Å². The number of aromatic nitrogens is 2. The highest BCUT2D eigenvalue weighted by molar-refractivity contribution is 4.94. The zero-order chi connectivity index (χ0) is 6.91. The monoisotopic (exact) mass is 138 g/mol. The van der Waals surface area contributed by atoms with Crippen LogP contribution in [0.5, 0.6) is 0 Å². The molecule has 0 saturated carbocycles. The first-order valence-corrected chi connectivity index (χ1v) is 1.95. The molecule has 0 aromatic carbocycles. The SMILES string of the molecule is FC(F)(F)c1cnon1. The highest BCUT2D eigenvalue weighted by Crippen LogP contribution is 2.26. The predicted molar refractivity (Wildman–Crippen MR) is 19.3 cm³/mol. The summed E-state index contributed by atoms with van der Waals surface area (Å²) in [7, 11) is 0. The van der Waals surface area contributed by atoms with Crippen LogP contribution in [0.25, 0.3) is 0 Å². The second-order valence-electron chi connectivity index (χ2n) is 1.29. The van der Waals surface area contributed by atoms with Crippen LogP contribution in [0.2, 0.25) is 0 Å². The van der Waals surface area contributed by atoms with Gasteiger partial charge in [0.25, 0.3) is 0 Å². The van der Waals surface area contributed by atoms with Crippen LogP contribution in [0.15, 0.2) is 10.8 Å². The summed E-state index contributed by atoms with van der Waals surface area (Å²) >= 11 is 0. The maximum Gasteiger partial charge on any atom is 0.438 e. The molecule has 0 amide bonds. The van der Waals surface area contributed by atoms with Crippen LogP contribution >= 0.6 is 0 Å². The number of hydrogen-bond acceptors (Lipinski definition) is 3. The van der Waals surface area contributed by atoms with Crippen molar-refractivity contribution < 1.29 is 17.8 Å². The van der Waals surface area contributed by atoms with Crippen LogP contribution < -0.4 is 0 Å². The first-order chi connectivity index (χ1) is 4.11. The van der Waals surface area contributed by atoms with Crippen LogP contribution in [-0.4, -0.2) is 10.3 Å². The van der Waals surface area contributed by atoms with Gasteiger partial charge in [0.05, 0.1) is 0 Å². The lowest BCUT2D eigenvalue weighted by Gasteiger charge is -1.95. The van der Waals surface area contributed by atoms with E-state index in [2.05, 4.69) is 14.9 Å². The van der Waals surface area contributed by atoms with Crippen molar-refractivity contribution in [3.63, 3.8) is 0 Å². The lowest BCUT2D eigenvalue weighted by Crippen LogP contribution is -2.04. The molecule has 1 aromatic rings. The summed E-state index contributed by atoms with van der Waals surface area (Å²) in [5, 5.41) is 5.36. The quantitative estimate of drug-likeness (QED) is 0.538. The Kier molecular flexibility index (Phi) is 1.15.